The first kappa shape index (κ1) is 17.1. The summed E-state index contributed by atoms with van der Waals surface area (Å²) in [5, 5.41) is 15.0. The highest BCUT2D eigenvalue weighted by atomic mass is 16.1. The van der Waals surface area contributed by atoms with Gasteiger partial charge in [0.15, 0.2) is 0 Å². The number of hydrogen-bond acceptors (Lipinski definition) is 5. The summed E-state index contributed by atoms with van der Waals surface area (Å²) in [6.45, 7) is 0.521. The minimum Gasteiger partial charge on any atom is -0.350 e. The van der Waals surface area contributed by atoms with Gasteiger partial charge in [-0.05, 0) is 24.1 Å². The lowest BCUT2D eigenvalue weighted by atomic mass is 10.1. The molecule has 0 aliphatic rings. The highest BCUT2D eigenvalue weighted by Gasteiger charge is 2.09. The molecule has 3 aromatic rings. The number of anilines is 2. The molecule has 3 rings (SSSR count). The maximum absolute atomic E-state index is 12.3. The van der Waals surface area contributed by atoms with Gasteiger partial charge in [0.25, 0.3) is 5.91 Å². The summed E-state index contributed by atoms with van der Waals surface area (Å²) in [5.41, 5.74) is 2.56. The van der Waals surface area contributed by atoms with E-state index in [-0.39, 0.29) is 11.6 Å². The third-order valence-electron chi connectivity index (χ3n) is 3.75. The summed E-state index contributed by atoms with van der Waals surface area (Å²) in [6, 6.07) is 20.7. The van der Waals surface area contributed by atoms with Crippen molar-refractivity contribution in [1.29, 1.82) is 5.26 Å². The van der Waals surface area contributed by atoms with E-state index in [1.54, 1.807) is 24.3 Å². The minimum absolute atomic E-state index is 0.264. The molecule has 0 unspecified atom stereocenters. The Morgan fingerprint density at radius 3 is 2.62 bits per heavy atom. The lowest BCUT2D eigenvalue weighted by Crippen LogP contribution is -2.26. The number of nitriles is 1. The normalized spacial score (nSPS) is 9.96. The number of para-hydroxylation sites is 1. The Kier molecular flexibility index (Phi) is 5.53. The zero-order chi connectivity index (χ0) is 18.2. The molecule has 1 aromatic heterocycles. The monoisotopic (exact) mass is 343 g/mol. The van der Waals surface area contributed by atoms with Crippen LogP contribution >= 0.6 is 0 Å². The van der Waals surface area contributed by atoms with Crippen molar-refractivity contribution >= 4 is 17.4 Å². The van der Waals surface area contributed by atoms with Crippen molar-refractivity contribution in [3.63, 3.8) is 0 Å². The van der Waals surface area contributed by atoms with Crippen LogP contribution in [0.25, 0.3) is 0 Å². The average Bonchev–Trinajstić information content (AvgIpc) is 2.69. The van der Waals surface area contributed by atoms with E-state index in [9.17, 15) is 4.79 Å². The van der Waals surface area contributed by atoms with E-state index in [2.05, 4.69) is 26.7 Å². The van der Waals surface area contributed by atoms with Gasteiger partial charge < -0.3 is 10.6 Å². The van der Waals surface area contributed by atoms with Crippen molar-refractivity contribution in [2.75, 3.05) is 11.9 Å². The van der Waals surface area contributed by atoms with Crippen LogP contribution in [0.2, 0.25) is 0 Å². The molecule has 1 heterocycles. The summed E-state index contributed by atoms with van der Waals surface area (Å²) >= 11 is 0. The minimum atomic E-state index is -0.264. The Morgan fingerprint density at radius 2 is 1.81 bits per heavy atom. The number of nitrogens with one attached hydrogen (secondary N) is 2. The van der Waals surface area contributed by atoms with Crippen LogP contribution in [0, 0.1) is 11.3 Å². The smallest absolute Gasteiger partial charge is 0.270 e. The molecule has 0 radical (unpaired) electrons. The number of benzene rings is 2. The number of rotatable bonds is 6. The molecule has 26 heavy (non-hydrogen) atoms. The van der Waals surface area contributed by atoms with E-state index in [1.807, 2.05) is 36.4 Å². The molecule has 6 nitrogen and oxygen atoms in total. The van der Waals surface area contributed by atoms with Crippen molar-refractivity contribution in [2.24, 2.45) is 0 Å². The van der Waals surface area contributed by atoms with Crippen LogP contribution in [0.5, 0.6) is 0 Å². The molecule has 6 heteroatoms. The number of carbonyl (C=O) groups excluding carboxylic acids is 1. The number of carbonyl (C=O) groups is 1. The molecule has 2 aromatic carbocycles. The van der Waals surface area contributed by atoms with E-state index < -0.39 is 0 Å². The molecule has 0 saturated heterocycles. The predicted molar refractivity (Wildman–Crippen MR) is 99.0 cm³/mol. The number of nitrogens with zero attached hydrogens (tertiary/aromatic N) is 3. The van der Waals surface area contributed by atoms with Gasteiger partial charge in [0.1, 0.15) is 23.9 Å². The molecule has 0 fully saturated rings. The van der Waals surface area contributed by atoms with E-state index in [1.165, 1.54) is 6.33 Å². The van der Waals surface area contributed by atoms with Gasteiger partial charge in [-0.1, -0.05) is 42.5 Å². The van der Waals surface area contributed by atoms with Crippen molar-refractivity contribution in [3.05, 3.63) is 83.8 Å². The Hall–Kier alpha value is -3.72. The Balaban J connectivity index is 1.63. The third kappa shape index (κ3) is 4.42. The van der Waals surface area contributed by atoms with Crippen molar-refractivity contribution in [3.8, 4) is 6.07 Å². The molecular formula is C20H17N5O. The summed E-state index contributed by atoms with van der Waals surface area (Å²) < 4.78 is 0. The van der Waals surface area contributed by atoms with E-state index >= 15 is 0 Å². The molecule has 0 saturated carbocycles. The number of aromatic nitrogens is 2. The van der Waals surface area contributed by atoms with Gasteiger partial charge in [0.2, 0.25) is 0 Å². The lowest BCUT2D eigenvalue weighted by molar-refractivity contribution is 0.0949. The molecule has 128 valence electrons. The number of amides is 1. The SMILES string of the molecule is N#Cc1ccccc1Nc1cc(C(=O)NCCc2ccccc2)ncn1. The van der Waals surface area contributed by atoms with Gasteiger partial charge in [-0.25, -0.2) is 9.97 Å². The largest absolute Gasteiger partial charge is 0.350 e. The van der Waals surface area contributed by atoms with E-state index in [4.69, 9.17) is 5.26 Å². The third-order valence-corrected chi connectivity index (χ3v) is 3.75. The maximum atomic E-state index is 12.3. The molecule has 2 N–H and O–H groups in total. The van der Waals surface area contributed by atoms with Crippen LogP contribution in [0.1, 0.15) is 21.6 Å². The highest BCUT2D eigenvalue weighted by molar-refractivity contribution is 5.93. The van der Waals surface area contributed by atoms with E-state index in [0.29, 0.717) is 23.6 Å². The predicted octanol–water partition coefficient (Wildman–Crippen LogP) is 3.06. The summed E-state index contributed by atoms with van der Waals surface area (Å²) in [5.74, 6) is 0.191. The van der Waals surface area contributed by atoms with Gasteiger partial charge >= 0.3 is 0 Å². The topological polar surface area (TPSA) is 90.7 Å². The van der Waals surface area contributed by atoms with Gasteiger partial charge in [-0.3, -0.25) is 4.79 Å². The van der Waals surface area contributed by atoms with Gasteiger partial charge in [-0.15, -0.1) is 0 Å². The first-order valence-corrected chi connectivity index (χ1v) is 8.16. The zero-order valence-corrected chi connectivity index (χ0v) is 14.0. The summed E-state index contributed by atoms with van der Waals surface area (Å²) in [7, 11) is 0. The average molecular weight is 343 g/mol. The Bertz CT molecular complexity index is 934. The lowest BCUT2D eigenvalue weighted by Gasteiger charge is -2.09. The quantitative estimate of drug-likeness (QED) is 0.718. The second-order valence-electron chi connectivity index (χ2n) is 5.56. The second kappa shape index (κ2) is 8.40. The second-order valence-corrected chi connectivity index (χ2v) is 5.56. The van der Waals surface area contributed by atoms with Crippen molar-refractivity contribution in [2.45, 2.75) is 6.42 Å². The molecule has 1 amide bonds. The van der Waals surface area contributed by atoms with Crippen molar-refractivity contribution < 1.29 is 4.79 Å². The first-order valence-electron chi connectivity index (χ1n) is 8.16. The fourth-order valence-corrected chi connectivity index (χ4v) is 2.43. The first-order chi connectivity index (χ1) is 12.8. The zero-order valence-electron chi connectivity index (χ0n) is 14.0. The summed E-state index contributed by atoms with van der Waals surface area (Å²) in [6.07, 6.45) is 2.07. The standard InChI is InChI=1S/C20H17N5O/c21-13-16-8-4-5-9-17(16)25-19-12-18(23-14-24-19)20(26)22-11-10-15-6-2-1-3-7-15/h1-9,12,14H,10-11H2,(H,22,26)(H,23,24,25). The fraction of sp³-hybridized carbons (Fsp3) is 0.100. The molecule has 0 aliphatic heterocycles. The van der Waals surface area contributed by atoms with Crippen LogP contribution in [-0.2, 0) is 6.42 Å². The fourth-order valence-electron chi connectivity index (χ4n) is 2.43. The highest BCUT2D eigenvalue weighted by Crippen LogP contribution is 2.18. The Labute approximate surface area is 151 Å². The molecule has 0 atom stereocenters. The van der Waals surface area contributed by atoms with Crippen molar-refractivity contribution in [1.82, 2.24) is 15.3 Å². The van der Waals surface area contributed by atoms with Crippen LogP contribution in [0.3, 0.4) is 0 Å². The van der Waals surface area contributed by atoms with Gasteiger partial charge in [0.05, 0.1) is 11.3 Å². The van der Waals surface area contributed by atoms with Crippen LogP contribution in [0.15, 0.2) is 67.0 Å². The number of hydrogen-bond donors (Lipinski definition) is 2. The molecular weight excluding hydrogens is 326 g/mol. The molecule has 0 aliphatic carbocycles. The van der Waals surface area contributed by atoms with Gasteiger partial charge in [0, 0.05) is 12.6 Å². The molecule has 0 bridgehead atoms. The Morgan fingerprint density at radius 1 is 1.04 bits per heavy atom. The van der Waals surface area contributed by atoms with Crippen LogP contribution in [-0.4, -0.2) is 22.4 Å². The maximum Gasteiger partial charge on any atom is 0.270 e. The van der Waals surface area contributed by atoms with E-state index in [0.717, 1.165) is 12.0 Å². The van der Waals surface area contributed by atoms with Gasteiger partial charge in [-0.2, -0.15) is 5.26 Å². The summed E-state index contributed by atoms with van der Waals surface area (Å²) in [4.78, 5) is 20.4. The van der Waals surface area contributed by atoms with Crippen LogP contribution in [0.4, 0.5) is 11.5 Å². The molecule has 0 spiro atoms. The van der Waals surface area contributed by atoms with Crippen LogP contribution < -0.4 is 10.6 Å².